The molecular weight excluding hydrogens is 236 g/mol. The van der Waals surface area contributed by atoms with E-state index in [-0.39, 0.29) is 0 Å². The van der Waals surface area contributed by atoms with Crippen molar-refractivity contribution in [1.29, 1.82) is 0 Å². The van der Waals surface area contributed by atoms with Gasteiger partial charge in [0.15, 0.2) is 12.1 Å². The number of rotatable bonds is 6. The second-order valence-corrected chi connectivity index (χ2v) is 4.98. The molecule has 2 aromatic heterocycles. The molecule has 2 aromatic rings. The first kappa shape index (κ1) is 11.9. The summed E-state index contributed by atoms with van der Waals surface area (Å²) in [5.74, 6) is 0.640. The molecule has 0 saturated heterocycles. The van der Waals surface area contributed by atoms with Gasteiger partial charge in [-0.2, -0.15) is 0 Å². The molecule has 0 radical (unpaired) electrons. The molecule has 0 spiro atoms. The first-order chi connectivity index (χ1) is 8.35. The molecule has 2 heterocycles. The summed E-state index contributed by atoms with van der Waals surface area (Å²) in [6.45, 7) is 2.17. The highest BCUT2D eigenvalue weighted by Gasteiger charge is 2.13. The van der Waals surface area contributed by atoms with Crippen LogP contribution in [0.15, 0.2) is 6.07 Å². The van der Waals surface area contributed by atoms with Crippen molar-refractivity contribution in [1.82, 2.24) is 20.6 Å². The van der Waals surface area contributed by atoms with E-state index in [9.17, 15) is 4.79 Å². The first-order valence-electron chi connectivity index (χ1n) is 5.67. The van der Waals surface area contributed by atoms with Crippen LogP contribution in [0.25, 0.3) is 11.4 Å². The largest absolute Gasteiger partial charge is 0.297 e. The van der Waals surface area contributed by atoms with Gasteiger partial charge < -0.3 is 0 Å². The fraction of sp³-hybridized carbons (Fsp3) is 0.455. The minimum Gasteiger partial charge on any atom is -0.297 e. The third-order valence-corrected chi connectivity index (χ3v) is 3.67. The Balaban J connectivity index is 2.23. The van der Waals surface area contributed by atoms with Gasteiger partial charge in [0.2, 0.25) is 0 Å². The molecule has 0 fully saturated rings. The van der Waals surface area contributed by atoms with Crippen molar-refractivity contribution in [2.45, 2.75) is 32.6 Å². The molecule has 0 saturated carbocycles. The minimum atomic E-state index is 0.640. The van der Waals surface area contributed by atoms with Crippen LogP contribution in [-0.4, -0.2) is 26.9 Å². The van der Waals surface area contributed by atoms with Crippen molar-refractivity contribution in [3.63, 3.8) is 0 Å². The monoisotopic (exact) mass is 250 g/mol. The van der Waals surface area contributed by atoms with Crippen LogP contribution >= 0.6 is 11.3 Å². The molecule has 0 unspecified atom stereocenters. The summed E-state index contributed by atoms with van der Waals surface area (Å²) >= 11 is 1.52. The normalized spacial score (nSPS) is 10.6. The fourth-order valence-electron chi connectivity index (χ4n) is 1.70. The maximum absolute atomic E-state index is 10.8. The number of thiophene rings is 1. The Bertz CT molecular complexity index is 478. The van der Waals surface area contributed by atoms with E-state index in [4.69, 9.17) is 0 Å². The van der Waals surface area contributed by atoms with E-state index in [1.165, 1.54) is 29.1 Å². The average molecular weight is 250 g/mol. The number of tetrazole rings is 1. The molecule has 0 atom stereocenters. The Kier molecular flexibility index (Phi) is 3.98. The van der Waals surface area contributed by atoms with E-state index in [1.54, 1.807) is 0 Å². The molecule has 0 aliphatic rings. The lowest BCUT2D eigenvalue weighted by Crippen LogP contribution is -1.86. The first-order valence-corrected chi connectivity index (χ1v) is 6.48. The number of carbonyl (C=O) groups excluding carboxylic acids is 1. The lowest BCUT2D eigenvalue weighted by atomic mass is 10.1. The zero-order valence-corrected chi connectivity index (χ0v) is 10.5. The van der Waals surface area contributed by atoms with Crippen LogP contribution < -0.4 is 0 Å². The smallest absolute Gasteiger partial charge is 0.180 e. The van der Waals surface area contributed by atoms with Crippen molar-refractivity contribution < 1.29 is 4.79 Å². The van der Waals surface area contributed by atoms with Crippen molar-refractivity contribution >= 4 is 17.6 Å². The third-order valence-electron chi connectivity index (χ3n) is 2.55. The summed E-state index contributed by atoms with van der Waals surface area (Å²) in [6, 6.07) is 1.85. The average Bonchev–Trinajstić information content (AvgIpc) is 2.97. The quantitative estimate of drug-likeness (QED) is 0.631. The van der Waals surface area contributed by atoms with E-state index in [1.807, 2.05) is 6.07 Å². The van der Waals surface area contributed by atoms with E-state index in [0.29, 0.717) is 5.82 Å². The van der Waals surface area contributed by atoms with E-state index in [0.717, 1.165) is 29.6 Å². The van der Waals surface area contributed by atoms with Gasteiger partial charge in [-0.1, -0.05) is 19.8 Å². The predicted octanol–water partition coefficient (Wildman–Crippen LogP) is 2.47. The molecule has 1 N–H and O–H groups in total. The van der Waals surface area contributed by atoms with Gasteiger partial charge in [0.1, 0.15) is 0 Å². The fourth-order valence-corrected chi connectivity index (χ4v) is 2.72. The Morgan fingerprint density at radius 3 is 3.00 bits per heavy atom. The second kappa shape index (κ2) is 5.67. The number of nitrogens with one attached hydrogen (secondary N) is 1. The Morgan fingerprint density at radius 1 is 1.47 bits per heavy atom. The molecule has 6 heteroatoms. The van der Waals surface area contributed by atoms with E-state index < -0.39 is 0 Å². The van der Waals surface area contributed by atoms with Crippen molar-refractivity contribution in [2.75, 3.05) is 0 Å². The highest BCUT2D eigenvalue weighted by Crippen LogP contribution is 2.29. The van der Waals surface area contributed by atoms with Gasteiger partial charge in [-0.25, -0.2) is 5.10 Å². The van der Waals surface area contributed by atoms with Crippen LogP contribution in [0.5, 0.6) is 0 Å². The van der Waals surface area contributed by atoms with Gasteiger partial charge in [-0.15, -0.1) is 16.4 Å². The van der Waals surface area contributed by atoms with Gasteiger partial charge in [0.25, 0.3) is 0 Å². The summed E-state index contributed by atoms with van der Waals surface area (Å²) in [4.78, 5) is 12.7. The number of hydrogen-bond donors (Lipinski definition) is 1. The SMILES string of the molecule is CCCCCc1sc(C=O)cc1-c1nnn[nH]1. The van der Waals surface area contributed by atoms with Crippen LogP contribution in [-0.2, 0) is 6.42 Å². The van der Waals surface area contributed by atoms with Crippen LogP contribution in [0.1, 0.15) is 40.7 Å². The second-order valence-electron chi connectivity index (χ2n) is 3.81. The highest BCUT2D eigenvalue weighted by molar-refractivity contribution is 7.14. The molecule has 90 valence electrons. The molecule has 5 nitrogen and oxygen atoms in total. The van der Waals surface area contributed by atoms with E-state index >= 15 is 0 Å². The number of aldehydes is 1. The van der Waals surface area contributed by atoms with Gasteiger partial charge in [0, 0.05) is 10.4 Å². The summed E-state index contributed by atoms with van der Waals surface area (Å²) < 4.78 is 0. The predicted molar refractivity (Wildman–Crippen MR) is 66.1 cm³/mol. The van der Waals surface area contributed by atoms with Crippen molar-refractivity contribution in [3.8, 4) is 11.4 Å². The topological polar surface area (TPSA) is 71.5 Å². The van der Waals surface area contributed by atoms with Gasteiger partial charge in [-0.3, -0.25) is 4.79 Å². The summed E-state index contributed by atoms with van der Waals surface area (Å²) in [6.07, 6.45) is 5.36. The van der Waals surface area contributed by atoms with Gasteiger partial charge in [-0.05, 0) is 29.3 Å². The molecule has 17 heavy (non-hydrogen) atoms. The summed E-state index contributed by atoms with van der Waals surface area (Å²) in [5, 5.41) is 13.8. The minimum absolute atomic E-state index is 0.640. The number of aromatic amines is 1. The molecule has 0 amide bonds. The Morgan fingerprint density at radius 2 is 2.35 bits per heavy atom. The number of aromatic nitrogens is 4. The zero-order valence-electron chi connectivity index (χ0n) is 9.64. The lowest BCUT2D eigenvalue weighted by molar-refractivity contribution is 0.112. The zero-order chi connectivity index (χ0) is 12.1. The van der Waals surface area contributed by atoms with Crippen LogP contribution in [0.3, 0.4) is 0 Å². The van der Waals surface area contributed by atoms with Crippen LogP contribution in [0, 0.1) is 0 Å². The number of nitrogens with zero attached hydrogens (tertiary/aromatic N) is 3. The lowest BCUT2D eigenvalue weighted by Gasteiger charge is -1.99. The van der Waals surface area contributed by atoms with Crippen molar-refractivity contribution in [2.24, 2.45) is 0 Å². The van der Waals surface area contributed by atoms with Gasteiger partial charge in [0.05, 0.1) is 4.88 Å². The Labute approximate surface area is 103 Å². The third kappa shape index (κ3) is 2.76. The molecule has 2 rings (SSSR count). The number of H-pyrrole nitrogens is 1. The molecule has 0 aromatic carbocycles. The van der Waals surface area contributed by atoms with Crippen LogP contribution in [0.2, 0.25) is 0 Å². The molecule has 0 aliphatic carbocycles. The molecule has 0 bridgehead atoms. The maximum atomic E-state index is 10.8. The van der Waals surface area contributed by atoms with Crippen LogP contribution in [0.4, 0.5) is 0 Å². The molecule has 0 aliphatic heterocycles. The Hall–Kier alpha value is -1.56. The molecular formula is C11H14N4OS. The van der Waals surface area contributed by atoms with Crippen molar-refractivity contribution in [3.05, 3.63) is 15.8 Å². The number of carbonyl (C=O) groups is 1. The number of unbranched alkanes of at least 4 members (excludes halogenated alkanes) is 2. The van der Waals surface area contributed by atoms with E-state index in [2.05, 4.69) is 27.5 Å². The summed E-state index contributed by atoms with van der Waals surface area (Å²) in [7, 11) is 0. The van der Waals surface area contributed by atoms with Gasteiger partial charge >= 0.3 is 0 Å². The number of hydrogen-bond acceptors (Lipinski definition) is 5. The number of aryl methyl sites for hydroxylation is 1. The highest BCUT2D eigenvalue weighted by atomic mass is 32.1. The summed E-state index contributed by atoms with van der Waals surface area (Å²) in [5.41, 5.74) is 0.957. The standard InChI is InChI=1S/C11H14N4OS/c1-2-3-4-5-10-9(6-8(7-16)17-10)11-12-14-15-13-11/h6-7H,2-5H2,1H3,(H,12,13,14,15). The maximum Gasteiger partial charge on any atom is 0.180 e.